The summed E-state index contributed by atoms with van der Waals surface area (Å²) < 4.78 is 10.5. The van der Waals surface area contributed by atoms with E-state index in [1.165, 1.54) is 4.88 Å². The van der Waals surface area contributed by atoms with Crippen LogP contribution >= 0.6 is 11.3 Å². The Bertz CT molecular complexity index is 651. The zero-order chi connectivity index (χ0) is 16.1. The van der Waals surface area contributed by atoms with Gasteiger partial charge in [-0.1, -0.05) is 13.0 Å². The normalized spacial score (nSPS) is 11.8. The Kier molecular flexibility index (Phi) is 5.44. The number of benzene rings is 1. The van der Waals surface area contributed by atoms with E-state index in [0.29, 0.717) is 17.1 Å². The molecular weight excluding hydrogens is 298 g/mol. The number of aryl methyl sites for hydroxylation is 1. The molecule has 0 aliphatic heterocycles. The second-order valence-electron chi connectivity index (χ2n) is 4.96. The van der Waals surface area contributed by atoms with E-state index in [0.717, 1.165) is 12.0 Å². The van der Waals surface area contributed by atoms with Crippen LogP contribution in [-0.2, 0) is 6.42 Å². The number of amides is 1. The molecule has 5 heteroatoms. The smallest absolute Gasteiger partial charge is 0.252 e. The molecule has 0 aliphatic carbocycles. The van der Waals surface area contributed by atoms with E-state index in [1.54, 1.807) is 25.6 Å². The van der Waals surface area contributed by atoms with Crippen molar-refractivity contribution in [1.82, 2.24) is 5.32 Å². The lowest BCUT2D eigenvalue weighted by Crippen LogP contribution is -2.26. The van der Waals surface area contributed by atoms with Crippen molar-refractivity contribution >= 4 is 17.2 Å². The van der Waals surface area contributed by atoms with Gasteiger partial charge < -0.3 is 14.8 Å². The van der Waals surface area contributed by atoms with Crippen LogP contribution in [0.25, 0.3) is 0 Å². The maximum atomic E-state index is 12.3. The van der Waals surface area contributed by atoms with Gasteiger partial charge >= 0.3 is 0 Å². The second-order valence-corrected chi connectivity index (χ2v) is 5.96. The number of hydrogen-bond acceptors (Lipinski definition) is 4. The fourth-order valence-corrected chi connectivity index (χ4v) is 2.99. The lowest BCUT2D eigenvalue weighted by atomic mass is 10.1. The SMILES string of the molecule is CCc1cc(C(=O)N[C@H](C)c2ccc(OC)c(OC)c2)cs1. The summed E-state index contributed by atoms with van der Waals surface area (Å²) in [5.41, 5.74) is 1.69. The van der Waals surface area contributed by atoms with Gasteiger partial charge in [0.15, 0.2) is 11.5 Å². The average molecular weight is 319 g/mol. The molecule has 1 atom stereocenters. The molecular formula is C17H21NO3S. The minimum atomic E-state index is -0.114. The first-order valence-corrected chi connectivity index (χ1v) is 8.07. The molecule has 0 unspecified atom stereocenters. The van der Waals surface area contributed by atoms with Crippen LogP contribution in [0.4, 0.5) is 0 Å². The molecule has 2 aromatic rings. The number of methoxy groups -OCH3 is 2. The predicted octanol–water partition coefficient (Wildman–Crippen LogP) is 3.82. The molecule has 0 saturated heterocycles. The van der Waals surface area contributed by atoms with Crippen molar-refractivity contribution in [3.8, 4) is 11.5 Å². The Morgan fingerprint density at radius 3 is 2.55 bits per heavy atom. The summed E-state index contributed by atoms with van der Waals surface area (Å²) in [6.07, 6.45) is 0.948. The Balaban J connectivity index is 2.11. The standard InChI is InChI=1S/C17H21NO3S/c1-5-14-8-13(10-22-14)17(19)18-11(2)12-6-7-15(20-3)16(9-12)21-4/h6-11H,5H2,1-4H3,(H,18,19)/t11-/m1/s1. The molecule has 2 rings (SSSR count). The first-order valence-electron chi connectivity index (χ1n) is 7.19. The molecule has 1 aromatic carbocycles. The fraction of sp³-hybridized carbons (Fsp3) is 0.353. The third kappa shape index (κ3) is 3.60. The molecule has 4 nitrogen and oxygen atoms in total. The number of carbonyl (C=O) groups excluding carboxylic acids is 1. The van der Waals surface area contributed by atoms with Gasteiger partial charge in [-0.15, -0.1) is 11.3 Å². The summed E-state index contributed by atoms with van der Waals surface area (Å²) in [7, 11) is 3.20. The number of thiophene rings is 1. The highest BCUT2D eigenvalue weighted by atomic mass is 32.1. The van der Waals surface area contributed by atoms with Crippen LogP contribution in [0, 0.1) is 0 Å². The number of hydrogen-bond donors (Lipinski definition) is 1. The molecule has 1 amide bonds. The van der Waals surface area contributed by atoms with Crippen molar-refractivity contribution < 1.29 is 14.3 Å². The summed E-state index contributed by atoms with van der Waals surface area (Å²) >= 11 is 1.61. The second kappa shape index (κ2) is 7.31. The summed E-state index contributed by atoms with van der Waals surface area (Å²) in [5.74, 6) is 1.28. The Morgan fingerprint density at radius 1 is 1.23 bits per heavy atom. The van der Waals surface area contributed by atoms with E-state index in [9.17, 15) is 4.79 Å². The summed E-state index contributed by atoms with van der Waals surface area (Å²) in [6.45, 7) is 4.03. The van der Waals surface area contributed by atoms with Gasteiger partial charge in [-0.2, -0.15) is 0 Å². The zero-order valence-electron chi connectivity index (χ0n) is 13.3. The first kappa shape index (κ1) is 16.4. The minimum absolute atomic E-state index is 0.0572. The number of nitrogens with one attached hydrogen (secondary N) is 1. The minimum Gasteiger partial charge on any atom is -0.493 e. The van der Waals surface area contributed by atoms with Crippen molar-refractivity contribution in [2.24, 2.45) is 0 Å². The Hall–Kier alpha value is -2.01. The Labute approximate surface area is 135 Å². The molecule has 22 heavy (non-hydrogen) atoms. The molecule has 0 bridgehead atoms. The predicted molar refractivity (Wildman–Crippen MR) is 89.1 cm³/mol. The van der Waals surface area contributed by atoms with E-state index in [1.807, 2.05) is 36.6 Å². The zero-order valence-corrected chi connectivity index (χ0v) is 14.1. The molecule has 1 heterocycles. The summed E-state index contributed by atoms with van der Waals surface area (Å²) in [5, 5.41) is 4.91. The Morgan fingerprint density at radius 2 is 1.95 bits per heavy atom. The van der Waals surface area contributed by atoms with Crippen LogP contribution in [0.1, 0.15) is 40.7 Å². The van der Waals surface area contributed by atoms with Crippen LogP contribution in [-0.4, -0.2) is 20.1 Å². The van der Waals surface area contributed by atoms with Crippen LogP contribution < -0.4 is 14.8 Å². The number of rotatable bonds is 6. The van der Waals surface area contributed by atoms with Gasteiger partial charge in [-0.3, -0.25) is 4.79 Å². The maximum absolute atomic E-state index is 12.3. The van der Waals surface area contributed by atoms with Gasteiger partial charge in [0.25, 0.3) is 5.91 Å². The van der Waals surface area contributed by atoms with Crippen molar-refractivity contribution in [2.75, 3.05) is 14.2 Å². The van der Waals surface area contributed by atoms with E-state index in [2.05, 4.69) is 12.2 Å². The quantitative estimate of drug-likeness (QED) is 0.880. The number of carbonyl (C=O) groups is 1. The van der Waals surface area contributed by atoms with Gasteiger partial charge in [0, 0.05) is 10.3 Å². The number of ether oxygens (including phenoxy) is 2. The van der Waals surface area contributed by atoms with Gasteiger partial charge in [-0.05, 0) is 37.1 Å². The van der Waals surface area contributed by atoms with Crippen LogP contribution in [0.2, 0.25) is 0 Å². The molecule has 0 aliphatic rings. The van der Waals surface area contributed by atoms with Gasteiger partial charge in [0.2, 0.25) is 0 Å². The van der Waals surface area contributed by atoms with Crippen LogP contribution in [0.3, 0.4) is 0 Å². The van der Waals surface area contributed by atoms with Crippen LogP contribution in [0.15, 0.2) is 29.6 Å². The molecule has 0 radical (unpaired) electrons. The monoisotopic (exact) mass is 319 g/mol. The van der Waals surface area contributed by atoms with E-state index >= 15 is 0 Å². The molecule has 0 spiro atoms. The third-order valence-corrected chi connectivity index (χ3v) is 4.60. The lowest BCUT2D eigenvalue weighted by Gasteiger charge is -2.16. The summed E-state index contributed by atoms with van der Waals surface area (Å²) in [4.78, 5) is 13.5. The molecule has 1 N–H and O–H groups in total. The fourth-order valence-electron chi connectivity index (χ4n) is 2.17. The van der Waals surface area contributed by atoms with E-state index in [-0.39, 0.29) is 11.9 Å². The third-order valence-electron chi connectivity index (χ3n) is 3.52. The topological polar surface area (TPSA) is 47.6 Å². The highest BCUT2D eigenvalue weighted by molar-refractivity contribution is 7.10. The highest BCUT2D eigenvalue weighted by Crippen LogP contribution is 2.30. The molecule has 1 aromatic heterocycles. The van der Waals surface area contributed by atoms with Gasteiger partial charge in [0.1, 0.15) is 0 Å². The van der Waals surface area contributed by atoms with Crippen molar-refractivity contribution in [3.63, 3.8) is 0 Å². The highest BCUT2D eigenvalue weighted by Gasteiger charge is 2.14. The lowest BCUT2D eigenvalue weighted by molar-refractivity contribution is 0.0940. The van der Waals surface area contributed by atoms with Crippen molar-refractivity contribution in [2.45, 2.75) is 26.3 Å². The first-order chi connectivity index (χ1) is 10.6. The molecule has 0 fully saturated rings. The molecule has 0 saturated carbocycles. The van der Waals surface area contributed by atoms with E-state index in [4.69, 9.17) is 9.47 Å². The summed E-state index contributed by atoms with van der Waals surface area (Å²) in [6, 6.07) is 7.49. The average Bonchev–Trinajstić information content (AvgIpc) is 3.03. The van der Waals surface area contributed by atoms with Crippen LogP contribution in [0.5, 0.6) is 11.5 Å². The van der Waals surface area contributed by atoms with Crippen molar-refractivity contribution in [1.29, 1.82) is 0 Å². The van der Waals surface area contributed by atoms with Crippen molar-refractivity contribution in [3.05, 3.63) is 45.6 Å². The van der Waals surface area contributed by atoms with Gasteiger partial charge in [0.05, 0.1) is 25.8 Å². The van der Waals surface area contributed by atoms with Gasteiger partial charge in [-0.25, -0.2) is 0 Å². The largest absolute Gasteiger partial charge is 0.493 e. The van der Waals surface area contributed by atoms with E-state index < -0.39 is 0 Å². The maximum Gasteiger partial charge on any atom is 0.252 e. The molecule has 118 valence electrons.